The van der Waals surface area contributed by atoms with Gasteiger partial charge in [-0.2, -0.15) is 0 Å². The zero-order chi connectivity index (χ0) is 13.0. The predicted octanol–water partition coefficient (Wildman–Crippen LogP) is 2.06. The van der Waals surface area contributed by atoms with Gasteiger partial charge in [-0.05, 0) is 24.6 Å². The number of nitrogens with one attached hydrogen (secondary N) is 1. The molecule has 18 heavy (non-hydrogen) atoms. The zero-order valence-corrected chi connectivity index (χ0v) is 10.2. The lowest BCUT2D eigenvalue weighted by molar-refractivity contribution is 0.0600. The highest BCUT2D eigenvalue weighted by Gasteiger charge is 2.16. The van der Waals surface area contributed by atoms with Gasteiger partial charge in [-0.25, -0.2) is 9.18 Å². The Morgan fingerprint density at radius 2 is 2.44 bits per heavy atom. The monoisotopic (exact) mass is 253 g/mol. The molecule has 0 radical (unpaired) electrons. The lowest BCUT2D eigenvalue weighted by Gasteiger charge is -2.12. The van der Waals surface area contributed by atoms with Gasteiger partial charge in [-0.3, -0.25) is 0 Å². The number of rotatable bonds is 4. The summed E-state index contributed by atoms with van der Waals surface area (Å²) < 4.78 is 23.4. The molecule has 4 nitrogen and oxygen atoms in total. The molecule has 0 aliphatic carbocycles. The highest BCUT2D eigenvalue weighted by atomic mass is 19.1. The number of hydrogen-bond acceptors (Lipinski definition) is 4. The number of anilines is 1. The SMILES string of the molecule is COC(=O)c1ccc(F)c(NC[C@H]2CCOC2)c1. The van der Waals surface area contributed by atoms with E-state index in [-0.39, 0.29) is 5.82 Å². The van der Waals surface area contributed by atoms with E-state index in [0.29, 0.717) is 30.3 Å². The van der Waals surface area contributed by atoms with Crippen molar-refractivity contribution in [3.63, 3.8) is 0 Å². The molecule has 1 heterocycles. The average Bonchev–Trinajstić information content (AvgIpc) is 2.90. The van der Waals surface area contributed by atoms with Crippen LogP contribution in [-0.4, -0.2) is 32.8 Å². The molecular weight excluding hydrogens is 237 g/mol. The van der Waals surface area contributed by atoms with E-state index in [2.05, 4.69) is 10.1 Å². The van der Waals surface area contributed by atoms with Crippen molar-refractivity contribution in [3.8, 4) is 0 Å². The Morgan fingerprint density at radius 3 is 3.11 bits per heavy atom. The van der Waals surface area contributed by atoms with Gasteiger partial charge in [0.05, 0.1) is 25.0 Å². The molecule has 1 aliphatic heterocycles. The first-order chi connectivity index (χ1) is 8.70. The Bertz CT molecular complexity index is 430. The van der Waals surface area contributed by atoms with Gasteiger partial charge in [0.15, 0.2) is 0 Å². The molecule has 1 aromatic rings. The zero-order valence-electron chi connectivity index (χ0n) is 10.2. The molecule has 1 saturated heterocycles. The molecule has 0 aromatic heterocycles. The molecular formula is C13H16FNO3. The van der Waals surface area contributed by atoms with E-state index in [9.17, 15) is 9.18 Å². The van der Waals surface area contributed by atoms with Crippen LogP contribution < -0.4 is 5.32 Å². The van der Waals surface area contributed by atoms with Crippen molar-refractivity contribution in [2.24, 2.45) is 5.92 Å². The molecule has 0 unspecified atom stereocenters. The Labute approximate surface area is 105 Å². The Kier molecular flexibility index (Phi) is 4.15. The third-order valence-corrected chi connectivity index (χ3v) is 2.99. The lowest BCUT2D eigenvalue weighted by atomic mass is 10.1. The van der Waals surface area contributed by atoms with E-state index in [4.69, 9.17) is 4.74 Å². The Morgan fingerprint density at radius 1 is 1.61 bits per heavy atom. The minimum absolute atomic E-state index is 0.324. The number of halogens is 1. The van der Waals surface area contributed by atoms with Gasteiger partial charge in [0, 0.05) is 19.1 Å². The molecule has 0 bridgehead atoms. The minimum Gasteiger partial charge on any atom is -0.465 e. The molecule has 1 atom stereocenters. The molecule has 2 rings (SSSR count). The summed E-state index contributed by atoms with van der Waals surface area (Å²) in [6.45, 7) is 2.10. The topological polar surface area (TPSA) is 47.6 Å². The van der Waals surface area contributed by atoms with Crippen molar-refractivity contribution in [1.29, 1.82) is 0 Å². The van der Waals surface area contributed by atoms with Crippen molar-refractivity contribution in [1.82, 2.24) is 0 Å². The third-order valence-electron chi connectivity index (χ3n) is 2.99. The summed E-state index contributed by atoms with van der Waals surface area (Å²) in [5.41, 5.74) is 0.661. The summed E-state index contributed by atoms with van der Waals surface area (Å²) in [6, 6.07) is 4.14. The number of esters is 1. The molecule has 1 fully saturated rings. The van der Waals surface area contributed by atoms with E-state index in [1.807, 2.05) is 0 Å². The van der Waals surface area contributed by atoms with Crippen LogP contribution in [0.3, 0.4) is 0 Å². The number of hydrogen-bond donors (Lipinski definition) is 1. The van der Waals surface area contributed by atoms with Gasteiger partial charge in [0.1, 0.15) is 5.82 Å². The first-order valence-corrected chi connectivity index (χ1v) is 5.90. The number of benzene rings is 1. The quantitative estimate of drug-likeness (QED) is 0.834. The van der Waals surface area contributed by atoms with Crippen molar-refractivity contribution in [2.75, 3.05) is 32.2 Å². The van der Waals surface area contributed by atoms with Crippen molar-refractivity contribution < 1.29 is 18.7 Å². The van der Waals surface area contributed by atoms with Crippen LogP contribution in [0.15, 0.2) is 18.2 Å². The number of carbonyl (C=O) groups excluding carboxylic acids is 1. The van der Waals surface area contributed by atoms with Crippen molar-refractivity contribution in [2.45, 2.75) is 6.42 Å². The fourth-order valence-electron chi connectivity index (χ4n) is 1.90. The maximum atomic E-state index is 13.6. The molecule has 98 valence electrons. The number of carbonyl (C=O) groups is 1. The smallest absolute Gasteiger partial charge is 0.337 e. The predicted molar refractivity (Wildman–Crippen MR) is 65.2 cm³/mol. The van der Waals surface area contributed by atoms with Gasteiger partial charge in [0.25, 0.3) is 0 Å². The van der Waals surface area contributed by atoms with Crippen LogP contribution in [0.1, 0.15) is 16.8 Å². The van der Waals surface area contributed by atoms with Crippen molar-refractivity contribution >= 4 is 11.7 Å². The Hall–Kier alpha value is -1.62. The van der Waals surface area contributed by atoms with Crippen LogP contribution in [0.2, 0.25) is 0 Å². The summed E-state index contributed by atoms with van der Waals surface area (Å²) in [7, 11) is 1.30. The average molecular weight is 253 g/mol. The molecule has 1 aliphatic rings. The van der Waals surface area contributed by atoms with Crippen LogP contribution in [0.5, 0.6) is 0 Å². The third kappa shape index (κ3) is 2.98. The van der Waals surface area contributed by atoms with Gasteiger partial charge < -0.3 is 14.8 Å². The van der Waals surface area contributed by atoms with Crippen LogP contribution >= 0.6 is 0 Å². The molecule has 0 spiro atoms. The summed E-state index contributed by atoms with van der Waals surface area (Å²) >= 11 is 0. The first kappa shape index (κ1) is 12.8. The second-order valence-electron chi connectivity index (χ2n) is 4.30. The van der Waals surface area contributed by atoms with Crippen LogP contribution in [0.25, 0.3) is 0 Å². The summed E-state index contributed by atoms with van der Waals surface area (Å²) in [5, 5.41) is 3.01. The Balaban J connectivity index is 2.03. The van der Waals surface area contributed by atoms with Gasteiger partial charge in [-0.15, -0.1) is 0 Å². The van der Waals surface area contributed by atoms with Crippen LogP contribution in [-0.2, 0) is 9.47 Å². The van der Waals surface area contributed by atoms with E-state index in [1.54, 1.807) is 0 Å². The molecule has 0 saturated carbocycles. The lowest BCUT2D eigenvalue weighted by Crippen LogP contribution is -2.15. The first-order valence-electron chi connectivity index (χ1n) is 5.90. The van der Waals surface area contributed by atoms with E-state index in [1.165, 1.54) is 25.3 Å². The van der Waals surface area contributed by atoms with Crippen LogP contribution in [0, 0.1) is 11.7 Å². The van der Waals surface area contributed by atoms with E-state index >= 15 is 0 Å². The van der Waals surface area contributed by atoms with Crippen molar-refractivity contribution in [3.05, 3.63) is 29.6 Å². The standard InChI is InChI=1S/C13H16FNO3/c1-17-13(16)10-2-3-11(14)12(6-10)15-7-9-4-5-18-8-9/h2-3,6,9,15H,4-5,7-8H2,1H3/t9-/m1/s1. The minimum atomic E-state index is -0.470. The van der Waals surface area contributed by atoms with Gasteiger partial charge >= 0.3 is 5.97 Å². The fraction of sp³-hybridized carbons (Fsp3) is 0.462. The summed E-state index contributed by atoms with van der Waals surface area (Å²) in [6.07, 6.45) is 0.977. The van der Waals surface area contributed by atoms with Gasteiger partial charge in [0.2, 0.25) is 0 Å². The molecule has 0 amide bonds. The highest BCUT2D eigenvalue weighted by Crippen LogP contribution is 2.19. The molecule has 1 aromatic carbocycles. The maximum absolute atomic E-state index is 13.6. The molecule has 1 N–H and O–H groups in total. The second-order valence-corrected chi connectivity index (χ2v) is 4.30. The number of ether oxygens (including phenoxy) is 2. The largest absolute Gasteiger partial charge is 0.465 e. The van der Waals surface area contributed by atoms with Crippen LogP contribution in [0.4, 0.5) is 10.1 Å². The second kappa shape index (κ2) is 5.82. The highest BCUT2D eigenvalue weighted by molar-refractivity contribution is 5.90. The fourth-order valence-corrected chi connectivity index (χ4v) is 1.90. The molecule has 5 heteroatoms. The number of methoxy groups -OCH3 is 1. The van der Waals surface area contributed by atoms with E-state index in [0.717, 1.165) is 13.0 Å². The van der Waals surface area contributed by atoms with E-state index < -0.39 is 5.97 Å². The van der Waals surface area contributed by atoms with Gasteiger partial charge in [-0.1, -0.05) is 0 Å². The normalized spacial score (nSPS) is 18.7. The summed E-state index contributed by atoms with van der Waals surface area (Å²) in [5.74, 6) is -0.449. The maximum Gasteiger partial charge on any atom is 0.337 e. The summed E-state index contributed by atoms with van der Waals surface area (Å²) in [4.78, 5) is 11.3.